The van der Waals surface area contributed by atoms with Crippen molar-refractivity contribution in [1.82, 2.24) is 10.6 Å². The van der Waals surface area contributed by atoms with Crippen LogP contribution in [-0.4, -0.2) is 51.0 Å². The number of ether oxygens (including phenoxy) is 1. The van der Waals surface area contributed by atoms with Gasteiger partial charge in [-0.1, -0.05) is 32.0 Å². The van der Waals surface area contributed by atoms with E-state index >= 15 is 0 Å². The van der Waals surface area contributed by atoms with Crippen LogP contribution in [0.2, 0.25) is 0 Å². The van der Waals surface area contributed by atoms with Crippen LogP contribution in [0, 0.1) is 5.41 Å². The van der Waals surface area contributed by atoms with Crippen LogP contribution in [0.4, 0.5) is 13.2 Å². The fourth-order valence-corrected chi connectivity index (χ4v) is 3.33. The first-order valence-corrected chi connectivity index (χ1v) is 9.43. The molecule has 0 bridgehead atoms. The third-order valence-corrected chi connectivity index (χ3v) is 5.35. The molecule has 1 aromatic carbocycles. The smallest absolute Gasteiger partial charge is 0.396 e. The molecule has 1 aliphatic rings. The zero-order valence-electron chi connectivity index (χ0n) is 17.1. The summed E-state index contributed by atoms with van der Waals surface area (Å²) in [6.45, 7) is 6.17. The fraction of sp³-hybridized carbons (Fsp3) is 0.650. The van der Waals surface area contributed by atoms with Gasteiger partial charge in [0.1, 0.15) is 0 Å². The van der Waals surface area contributed by atoms with Crippen molar-refractivity contribution < 1.29 is 23.0 Å². The summed E-state index contributed by atoms with van der Waals surface area (Å²) >= 11 is 0. The number of hydrogen-bond acceptors (Lipinski definition) is 3. The zero-order chi connectivity index (χ0) is 20.8. The van der Waals surface area contributed by atoms with Crippen molar-refractivity contribution in [3.8, 4) is 0 Å². The molecule has 0 amide bonds. The molecular weight excluding hydrogens is 498 g/mol. The molecule has 0 spiro atoms. The van der Waals surface area contributed by atoms with Crippen molar-refractivity contribution in [1.29, 1.82) is 0 Å². The SMILES string of the molecule is CN=C(NCC1(CCO)CCOC1)NCC(C)(C)c1cccc(C(F)(F)F)c1.I. The highest BCUT2D eigenvalue weighted by molar-refractivity contribution is 14.0. The molecule has 1 fully saturated rings. The summed E-state index contributed by atoms with van der Waals surface area (Å²) in [5.74, 6) is 0.573. The Morgan fingerprint density at radius 3 is 2.48 bits per heavy atom. The Labute approximate surface area is 187 Å². The summed E-state index contributed by atoms with van der Waals surface area (Å²) in [7, 11) is 1.65. The van der Waals surface area contributed by atoms with E-state index in [1.165, 1.54) is 12.1 Å². The number of nitrogens with zero attached hydrogens (tertiary/aromatic N) is 1. The molecule has 3 N–H and O–H groups in total. The normalized spacial score (nSPS) is 20.3. The number of rotatable bonds is 7. The van der Waals surface area contributed by atoms with Crippen molar-refractivity contribution in [2.45, 2.75) is 38.3 Å². The number of benzene rings is 1. The molecule has 1 aromatic rings. The molecule has 0 aliphatic carbocycles. The first kappa shape index (κ1) is 26.0. The highest BCUT2D eigenvalue weighted by Crippen LogP contribution is 2.33. The lowest BCUT2D eigenvalue weighted by atomic mass is 9.83. The van der Waals surface area contributed by atoms with Gasteiger partial charge in [-0.05, 0) is 24.5 Å². The van der Waals surface area contributed by atoms with Gasteiger partial charge >= 0.3 is 6.18 Å². The number of aliphatic hydroxyl groups is 1. The Hall–Kier alpha value is -1.07. The maximum atomic E-state index is 13.0. The molecule has 0 aromatic heterocycles. The Morgan fingerprint density at radius 2 is 1.93 bits per heavy atom. The van der Waals surface area contributed by atoms with Gasteiger partial charge in [-0.25, -0.2) is 0 Å². The molecule has 9 heteroatoms. The average molecular weight is 529 g/mol. The fourth-order valence-electron chi connectivity index (χ4n) is 3.33. The Kier molecular flexibility index (Phi) is 9.68. The predicted octanol–water partition coefficient (Wildman–Crippen LogP) is 3.56. The Morgan fingerprint density at radius 1 is 1.24 bits per heavy atom. The number of guanidine groups is 1. The van der Waals surface area contributed by atoms with Gasteiger partial charge < -0.3 is 20.5 Å². The van der Waals surface area contributed by atoms with E-state index in [9.17, 15) is 18.3 Å². The van der Waals surface area contributed by atoms with Gasteiger partial charge in [0.25, 0.3) is 0 Å². The van der Waals surface area contributed by atoms with Crippen LogP contribution in [0.1, 0.15) is 37.8 Å². The van der Waals surface area contributed by atoms with Crippen LogP contribution in [0.5, 0.6) is 0 Å². The van der Waals surface area contributed by atoms with Gasteiger partial charge in [-0.15, -0.1) is 24.0 Å². The number of aliphatic imine (C=N–C) groups is 1. The molecule has 166 valence electrons. The van der Waals surface area contributed by atoms with E-state index in [4.69, 9.17) is 4.74 Å². The zero-order valence-corrected chi connectivity index (χ0v) is 19.4. The molecule has 1 heterocycles. The average Bonchev–Trinajstić information content (AvgIpc) is 3.10. The lowest BCUT2D eigenvalue weighted by Gasteiger charge is -2.30. The largest absolute Gasteiger partial charge is 0.416 e. The van der Waals surface area contributed by atoms with Gasteiger partial charge in [0.05, 0.1) is 12.2 Å². The van der Waals surface area contributed by atoms with E-state index in [2.05, 4.69) is 15.6 Å². The van der Waals surface area contributed by atoms with E-state index < -0.39 is 17.2 Å². The summed E-state index contributed by atoms with van der Waals surface area (Å²) in [6.07, 6.45) is -2.85. The molecule has 1 unspecified atom stereocenters. The van der Waals surface area contributed by atoms with E-state index in [-0.39, 0.29) is 36.0 Å². The maximum absolute atomic E-state index is 13.0. The molecule has 1 saturated heterocycles. The minimum absolute atomic E-state index is 0. The van der Waals surface area contributed by atoms with Crippen LogP contribution < -0.4 is 10.6 Å². The summed E-state index contributed by atoms with van der Waals surface area (Å²) in [5.41, 5.74) is -0.694. The third kappa shape index (κ3) is 7.29. The summed E-state index contributed by atoms with van der Waals surface area (Å²) in [6, 6.07) is 5.42. The molecule has 0 radical (unpaired) electrons. The van der Waals surface area contributed by atoms with Crippen LogP contribution in [0.25, 0.3) is 0 Å². The summed E-state index contributed by atoms with van der Waals surface area (Å²) in [5, 5.41) is 15.8. The predicted molar refractivity (Wildman–Crippen MR) is 119 cm³/mol. The monoisotopic (exact) mass is 529 g/mol. The van der Waals surface area contributed by atoms with E-state index in [1.54, 1.807) is 13.1 Å². The lowest BCUT2D eigenvalue weighted by molar-refractivity contribution is -0.137. The van der Waals surface area contributed by atoms with Crippen molar-refractivity contribution in [3.05, 3.63) is 35.4 Å². The number of nitrogens with one attached hydrogen (secondary N) is 2. The number of halogens is 4. The van der Waals surface area contributed by atoms with E-state index in [0.29, 0.717) is 44.2 Å². The number of aliphatic hydroxyl groups excluding tert-OH is 1. The first-order chi connectivity index (χ1) is 13.1. The van der Waals surface area contributed by atoms with Gasteiger partial charge in [-0.3, -0.25) is 4.99 Å². The van der Waals surface area contributed by atoms with Crippen LogP contribution >= 0.6 is 24.0 Å². The third-order valence-electron chi connectivity index (χ3n) is 5.35. The molecule has 1 aliphatic heterocycles. The summed E-state index contributed by atoms with van der Waals surface area (Å²) in [4.78, 5) is 4.20. The number of hydrogen-bond donors (Lipinski definition) is 3. The minimum atomic E-state index is -4.36. The van der Waals surface area contributed by atoms with Crippen LogP contribution in [0.3, 0.4) is 0 Å². The lowest BCUT2D eigenvalue weighted by Crippen LogP contribution is -2.47. The minimum Gasteiger partial charge on any atom is -0.396 e. The molecule has 1 atom stereocenters. The second-order valence-electron chi connectivity index (χ2n) is 8.02. The summed E-state index contributed by atoms with van der Waals surface area (Å²) < 4.78 is 44.5. The van der Waals surface area contributed by atoms with Crippen molar-refractivity contribution in [3.63, 3.8) is 0 Å². The van der Waals surface area contributed by atoms with Crippen LogP contribution in [0.15, 0.2) is 29.3 Å². The van der Waals surface area contributed by atoms with Crippen LogP contribution in [-0.2, 0) is 16.3 Å². The second kappa shape index (κ2) is 10.8. The standard InChI is InChI=1S/C20H30F3N3O2.HI/c1-18(2,15-5-4-6-16(11-15)20(21,22)23)12-25-17(24-3)26-13-19(7-9-27)8-10-28-14-19;/h4-6,11,27H,7-10,12-14H2,1-3H3,(H2,24,25,26);1H. The quantitative estimate of drug-likeness (QED) is 0.287. The van der Waals surface area contributed by atoms with Gasteiger partial charge in [-0.2, -0.15) is 13.2 Å². The highest BCUT2D eigenvalue weighted by atomic mass is 127. The van der Waals surface area contributed by atoms with Gasteiger partial charge in [0, 0.05) is 44.2 Å². The van der Waals surface area contributed by atoms with Gasteiger partial charge in [0.15, 0.2) is 5.96 Å². The van der Waals surface area contributed by atoms with Crippen molar-refractivity contribution >= 4 is 29.9 Å². The topological polar surface area (TPSA) is 65.9 Å². The highest BCUT2D eigenvalue weighted by Gasteiger charge is 2.35. The van der Waals surface area contributed by atoms with Gasteiger partial charge in [0.2, 0.25) is 0 Å². The van der Waals surface area contributed by atoms with E-state index in [0.717, 1.165) is 12.5 Å². The Bertz CT molecular complexity index is 675. The Balaban J connectivity index is 0.00000420. The molecule has 2 rings (SSSR count). The maximum Gasteiger partial charge on any atom is 0.416 e. The van der Waals surface area contributed by atoms with Crippen molar-refractivity contribution in [2.75, 3.05) is 40.0 Å². The van der Waals surface area contributed by atoms with Crippen molar-refractivity contribution in [2.24, 2.45) is 10.4 Å². The molecule has 29 heavy (non-hydrogen) atoms. The molecular formula is C20H31F3IN3O2. The van der Waals surface area contributed by atoms with E-state index in [1.807, 2.05) is 13.8 Å². The first-order valence-electron chi connectivity index (χ1n) is 9.43. The second-order valence-corrected chi connectivity index (χ2v) is 8.02. The molecule has 5 nitrogen and oxygen atoms in total. The number of alkyl halides is 3. The molecule has 0 saturated carbocycles.